The maximum atomic E-state index is 13.3. The van der Waals surface area contributed by atoms with E-state index in [1.54, 1.807) is 13.8 Å². The fraction of sp³-hybridized carbons (Fsp3) is 0.429. The predicted molar refractivity (Wildman–Crippen MR) is 70.9 cm³/mol. The highest BCUT2D eigenvalue weighted by Crippen LogP contribution is 2.17. The molecule has 0 heterocycles. The largest absolute Gasteiger partial charge is 0.481 e. The molecular weight excluding hydrogens is 284 g/mol. The minimum absolute atomic E-state index is 0.0763. The molecule has 0 saturated heterocycles. The molecule has 1 amide bonds. The minimum Gasteiger partial charge on any atom is -0.481 e. The summed E-state index contributed by atoms with van der Waals surface area (Å²) in [5.41, 5.74) is 0. The number of halogens is 2. The Morgan fingerprint density at radius 3 is 2.52 bits per heavy atom. The lowest BCUT2D eigenvalue weighted by Crippen LogP contribution is -2.42. The second-order valence-electron chi connectivity index (χ2n) is 4.88. The Labute approximate surface area is 120 Å². The summed E-state index contributed by atoms with van der Waals surface area (Å²) in [6.45, 7) is 3.06. The molecule has 0 saturated carbocycles. The number of rotatable bonds is 7. The molecule has 0 aliphatic carbocycles. The third kappa shape index (κ3) is 5.76. The van der Waals surface area contributed by atoms with E-state index in [0.717, 1.165) is 12.1 Å². The molecule has 0 aromatic heterocycles. The molecule has 0 fully saturated rings. The summed E-state index contributed by atoms with van der Waals surface area (Å²) in [4.78, 5) is 22.3. The highest BCUT2D eigenvalue weighted by molar-refractivity contribution is 5.78. The van der Waals surface area contributed by atoms with Crippen molar-refractivity contribution < 1.29 is 28.2 Å². The molecule has 1 atom stereocenters. The Morgan fingerprint density at radius 2 is 2.00 bits per heavy atom. The van der Waals surface area contributed by atoms with Crippen LogP contribution in [0.2, 0.25) is 0 Å². The average molecular weight is 301 g/mol. The molecule has 21 heavy (non-hydrogen) atoms. The standard InChI is InChI=1S/C14H17F2NO4/c1-8(2)11(6-14(19)20)17-13(18)7-21-12-4-3-9(15)5-10(12)16/h3-5,8,11H,6-7H2,1-2H3,(H,17,18)(H,19,20). The molecule has 0 radical (unpaired) electrons. The van der Waals surface area contributed by atoms with Crippen LogP contribution < -0.4 is 10.1 Å². The molecular formula is C14H17F2NO4. The van der Waals surface area contributed by atoms with Crippen LogP contribution in [-0.2, 0) is 9.59 Å². The molecule has 2 N–H and O–H groups in total. The van der Waals surface area contributed by atoms with Crippen molar-refractivity contribution in [2.24, 2.45) is 5.92 Å². The van der Waals surface area contributed by atoms with Crippen molar-refractivity contribution >= 4 is 11.9 Å². The number of ether oxygens (including phenoxy) is 1. The van der Waals surface area contributed by atoms with Crippen molar-refractivity contribution in [3.63, 3.8) is 0 Å². The quantitative estimate of drug-likeness (QED) is 0.807. The van der Waals surface area contributed by atoms with E-state index in [-0.39, 0.29) is 18.1 Å². The van der Waals surface area contributed by atoms with Gasteiger partial charge in [-0.25, -0.2) is 8.78 Å². The Kier molecular flexibility index (Phi) is 6.08. The number of carbonyl (C=O) groups excluding carboxylic acids is 1. The zero-order chi connectivity index (χ0) is 16.0. The van der Waals surface area contributed by atoms with Gasteiger partial charge in [-0.3, -0.25) is 9.59 Å². The van der Waals surface area contributed by atoms with Gasteiger partial charge in [0, 0.05) is 12.1 Å². The maximum Gasteiger partial charge on any atom is 0.305 e. The SMILES string of the molecule is CC(C)C(CC(=O)O)NC(=O)COc1ccc(F)cc1F. The lowest BCUT2D eigenvalue weighted by atomic mass is 10.0. The van der Waals surface area contributed by atoms with E-state index in [9.17, 15) is 18.4 Å². The Bertz CT molecular complexity index is 520. The summed E-state index contributed by atoms with van der Waals surface area (Å²) in [7, 11) is 0. The molecule has 7 heteroatoms. The number of hydrogen-bond acceptors (Lipinski definition) is 3. The number of carboxylic acids is 1. The van der Waals surface area contributed by atoms with E-state index in [1.807, 2.05) is 0 Å². The molecule has 0 aliphatic heterocycles. The fourth-order valence-electron chi connectivity index (χ4n) is 1.63. The van der Waals surface area contributed by atoms with Gasteiger partial charge in [0.25, 0.3) is 5.91 Å². The van der Waals surface area contributed by atoms with Crippen LogP contribution in [0.3, 0.4) is 0 Å². The summed E-state index contributed by atoms with van der Waals surface area (Å²) in [6.07, 6.45) is -0.214. The molecule has 1 aromatic carbocycles. The van der Waals surface area contributed by atoms with E-state index in [2.05, 4.69) is 5.32 Å². The van der Waals surface area contributed by atoms with Gasteiger partial charge in [0.2, 0.25) is 0 Å². The number of aliphatic carboxylic acids is 1. The third-order valence-corrected chi connectivity index (χ3v) is 2.80. The van der Waals surface area contributed by atoms with Gasteiger partial charge in [0.15, 0.2) is 18.2 Å². The number of hydrogen-bond donors (Lipinski definition) is 2. The van der Waals surface area contributed by atoms with Gasteiger partial charge in [-0.1, -0.05) is 13.8 Å². The van der Waals surface area contributed by atoms with Crippen molar-refractivity contribution in [2.45, 2.75) is 26.3 Å². The lowest BCUT2D eigenvalue weighted by molar-refractivity contribution is -0.138. The summed E-state index contributed by atoms with van der Waals surface area (Å²) >= 11 is 0. The maximum absolute atomic E-state index is 13.3. The van der Waals surface area contributed by atoms with Crippen LogP contribution in [0.5, 0.6) is 5.75 Å². The van der Waals surface area contributed by atoms with E-state index in [1.165, 1.54) is 0 Å². The molecule has 1 aromatic rings. The average Bonchev–Trinajstić information content (AvgIpc) is 2.36. The van der Waals surface area contributed by atoms with E-state index < -0.39 is 36.2 Å². The summed E-state index contributed by atoms with van der Waals surface area (Å²) < 4.78 is 30.9. The number of benzene rings is 1. The van der Waals surface area contributed by atoms with E-state index >= 15 is 0 Å². The van der Waals surface area contributed by atoms with Crippen LogP contribution in [0, 0.1) is 17.6 Å². The van der Waals surface area contributed by atoms with Crippen LogP contribution in [0.1, 0.15) is 20.3 Å². The first-order valence-corrected chi connectivity index (χ1v) is 6.38. The first kappa shape index (κ1) is 16.9. The summed E-state index contributed by atoms with van der Waals surface area (Å²) in [5.74, 6) is -3.57. The summed E-state index contributed by atoms with van der Waals surface area (Å²) in [6, 6.07) is 2.19. The number of nitrogens with one attached hydrogen (secondary N) is 1. The highest BCUT2D eigenvalue weighted by Gasteiger charge is 2.19. The topological polar surface area (TPSA) is 75.6 Å². The molecule has 0 bridgehead atoms. The summed E-state index contributed by atoms with van der Waals surface area (Å²) in [5, 5.41) is 11.3. The van der Waals surface area contributed by atoms with Crippen LogP contribution in [0.4, 0.5) is 8.78 Å². The number of carboxylic acid groups (broad SMARTS) is 1. The van der Waals surface area contributed by atoms with Gasteiger partial charge in [0.05, 0.1) is 6.42 Å². The van der Waals surface area contributed by atoms with Crippen molar-refractivity contribution in [3.8, 4) is 5.75 Å². The van der Waals surface area contributed by atoms with Crippen molar-refractivity contribution in [1.82, 2.24) is 5.32 Å². The number of amides is 1. The van der Waals surface area contributed by atoms with E-state index in [4.69, 9.17) is 9.84 Å². The van der Waals surface area contributed by atoms with Gasteiger partial charge in [0.1, 0.15) is 5.82 Å². The number of carbonyl (C=O) groups is 2. The lowest BCUT2D eigenvalue weighted by Gasteiger charge is -2.20. The minimum atomic E-state index is -1.03. The van der Waals surface area contributed by atoms with Crippen molar-refractivity contribution in [3.05, 3.63) is 29.8 Å². The molecule has 0 aliphatic rings. The Morgan fingerprint density at radius 1 is 1.33 bits per heavy atom. The first-order chi connectivity index (χ1) is 9.79. The predicted octanol–water partition coefficient (Wildman–Crippen LogP) is 1.96. The molecule has 1 unspecified atom stereocenters. The Balaban J connectivity index is 2.54. The van der Waals surface area contributed by atoms with Crippen LogP contribution in [0.25, 0.3) is 0 Å². The van der Waals surface area contributed by atoms with Crippen molar-refractivity contribution in [2.75, 3.05) is 6.61 Å². The normalized spacial score (nSPS) is 12.0. The fourth-order valence-corrected chi connectivity index (χ4v) is 1.63. The third-order valence-electron chi connectivity index (χ3n) is 2.80. The van der Waals surface area contributed by atoms with Gasteiger partial charge >= 0.3 is 5.97 Å². The van der Waals surface area contributed by atoms with Gasteiger partial charge in [-0.05, 0) is 18.1 Å². The zero-order valence-electron chi connectivity index (χ0n) is 11.7. The van der Waals surface area contributed by atoms with Crippen LogP contribution in [0.15, 0.2) is 18.2 Å². The van der Waals surface area contributed by atoms with E-state index in [0.29, 0.717) is 6.07 Å². The Hall–Kier alpha value is -2.18. The van der Waals surface area contributed by atoms with Crippen LogP contribution >= 0.6 is 0 Å². The molecule has 0 spiro atoms. The van der Waals surface area contributed by atoms with Gasteiger partial charge < -0.3 is 15.2 Å². The second-order valence-corrected chi connectivity index (χ2v) is 4.88. The van der Waals surface area contributed by atoms with Gasteiger partial charge in [-0.2, -0.15) is 0 Å². The zero-order valence-corrected chi connectivity index (χ0v) is 11.7. The smallest absolute Gasteiger partial charge is 0.305 e. The van der Waals surface area contributed by atoms with Gasteiger partial charge in [-0.15, -0.1) is 0 Å². The molecule has 1 rings (SSSR count). The monoisotopic (exact) mass is 301 g/mol. The second kappa shape index (κ2) is 7.56. The van der Waals surface area contributed by atoms with Crippen LogP contribution in [-0.4, -0.2) is 29.6 Å². The first-order valence-electron chi connectivity index (χ1n) is 6.38. The molecule has 116 valence electrons. The highest BCUT2D eigenvalue weighted by atomic mass is 19.1. The molecule has 5 nitrogen and oxygen atoms in total. The van der Waals surface area contributed by atoms with Crippen molar-refractivity contribution in [1.29, 1.82) is 0 Å².